The van der Waals surface area contributed by atoms with Crippen molar-refractivity contribution < 1.29 is 26.3 Å². The van der Waals surface area contributed by atoms with Gasteiger partial charge in [-0.3, -0.25) is 4.31 Å². The predicted octanol–water partition coefficient (Wildman–Crippen LogP) is 5.67. The molecule has 1 aliphatic heterocycles. The zero-order valence-electron chi connectivity index (χ0n) is 16.7. The molecule has 0 aromatic heterocycles. The third-order valence-electron chi connectivity index (χ3n) is 5.63. The molecule has 0 spiro atoms. The van der Waals surface area contributed by atoms with Crippen LogP contribution in [-0.2, 0) is 16.2 Å². The molecule has 5 nitrogen and oxygen atoms in total. The molecule has 1 saturated carbocycles. The number of allylic oxidation sites excluding steroid dienone is 1. The number of ether oxygens (including phenoxy) is 1. The Bertz CT molecular complexity index is 1230. The maximum Gasteiger partial charge on any atom is 0.416 e. The van der Waals surface area contributed by atoms with Gasteiger partial charge >= 0.3 is 6.18 Å². The first-order valence-electron chi connectivity index (χ1n) is 9.68. The summed E-state index contributed by atoms with van der Waals surface area (Å²) in [6.45, 7) is 3.74. The summed E-state index contributed by atoms with van der Waals surface area (Å²) in [5, 5.41) is 9.64. The van der Waals surface area contributed by atoms with E-state index in [1.54, 1.807) is 18.2 Å². The van der Waals surface area contributed by atoms with E-state index in [1.165, 1.54) is 0 Å². The highest BCUT2D eigenvalue weighted by Crippen LogP contribution is 2.49. The van der Waals surface area contributed by atoms with Crippen LogP contribution in [0.3, 0.4) is 0 Å². The smallest absolute Gasteiger partial charge is 0.416 e. The van der Waals surface area contributed by atoms with E-state index in [4.69, 9.17) is 4.74 Å². The Labute approximate surface area is 192 Å². The highest BCUT2D eigenvalue weighted by Gasteiger charge is 2.45. The molecule has 32 heavy (non-hydrogen) atoms. The van der Waals surface area contributed by atoms with Crippen LogP contribution in [0.1, 0.15) is 24.8 Å². The maximum absolute atomic E-state index is 13.5. The fourth-order valence-electron chi connectivity index (χ4n) is 4.19. The van der Waals surface area contributed by atoms with Crippen LogP contribution in [0.2, 0.25) is 0 Å². The summed E-state index contributed by atoms with van der Waals surface area (Å²) >= 11 is 3.30. The Balaban J connectivity index is 1.74. The second-order valence-corrected chi connectivity index (χ2v) is 10.9. The summed E-state index contributed by atoms with van der Waals surface area (Å²) in [4.78, 5) is -0.467. The van der Waals surface area contributed by atoms with Gasteiger partial charge in [0.15, 0.2) is 0 Å². The quantitative estimate of drug-likeness (QED) is 0.481. The molecular formula is C22H18BrF3N2O3S. The molecule has 4 rings (SSSR count). The summed E-state index contributed by atoms with van der Waals surface area (Å²) in [6.07, 6.45) is -4.01. The van der Waals surface area contributed by atoms with Gasteiger partial charge in [0.25, 0.3) is 10.0 Å². The fraction of sp³-hybridized carbons (Fsp3) is 0.318. The largest absolute Gasteiger partial charge is 0.486 e. The molecule has 0 bridgehead atoms. The minimum Gasteiger partial charge on any atom is -0.486 e. The second kappa shape index (κ2) is 7.81. The molecule has 0 N–H and O–H groups in total. The topological polar surface area (TPSA) is 70.4 Å². The van der Waals surface area contributed by atoms with Crippen molar-refractivity contribution in [3.05, 3.63) is 64.7 Å². The van der Waals surface area contributed by atoms with Gasteiger partial charge in [0.1, 0.15) is 11.9 Å². The van der Waals surface area contributed by atoms with E-state index in [0.29, 0.717) is 23.4 Å². The first-order valence-corrected chi connectivity index (χ1v) is 11.9. The lowest BCUT2D eigenvalue weighted by Gasteiger charge is -2.42. The molecule has 0 amide bonds. The first kappa shape index (κ1) is 22.7. The number of fused-ring (bicyclic) bond motifs is 1. The zero-order chi connectivity index (χ0) is 23.3. The Morgan fingerprint density at radius 1 is 1.25 bits per heavy atom. The van der Waals surface area contributed by atoms with Gasteiger partial charge in [0.05, 0.1) is 34.2 Å². The van der Waals surface area contributed by atoms with Gasteiger partial charge in [-0.2, -0.15) is 18.4 Å². The van der Waals surface area contributed by atoms with E-state index in [-0.39, 0.29) is 24.4 Å². The van der Waals surface area contributed by atoms with E-state index in [2.05, 4.69) is 28.6 Å². The fourth-order valence-corrected chi connectivity index (χ4v) is 6.08. The molecule has 2 aromatic carbocycles. The SMILES string of the molecule is C=C1CC(C#N)(C[C@H]2CN(S(=O)(=O)c3cccc(C(F)(F)F)c3)c3cc(Br)ccc3O2)C1. The summed E-state index contributed by atoms with van der Waals surface area (Å²) in [5.74, 6) is 0.284. The molecular weight excluding hydrogens is 509 g/mol. The van der Waals surface area contributed by atoms with Gasteiger partial charge in [-0.1, -0.05) is 34.1 Å². The highest BCUT2D eigenvalue weighted by atomic mass is 79.9. The van der Waals surface area contributed by atoms with Crippen molar-refractivity contribution in [2.75, 3.05) is 10.8 Å². The van der Waals surface area contributed by atoms with Gasteiger partial charge in [-0.25, -0.2) is 8.42 Å². The van der Waals surface area contributed by atoms with E-state index in [1.807, 2.05) is 0 Å². The minimum absolute atomic E-state index is 0.127. The number of alkyl halides is 3. The van der Waals surface area contributed by atoms with Crippen LogP contribution < -0.4 is 9.04 Å². The van der Waals surface area contributed by atoms with Gasteiger partial charge in [0.2, 0.25) is 0 Å². The summed E-state index contributed by atoms with van der Waals surface area (Å²) in [6, 6.07) is 10.8. The lowest BCUT2D eigenvalue weighted by Crippen LogP contribution is -2.47. The molecule has 0 radical (unpaired) electrons. The molecule has 2 aliphatic rings. The number of nitriles is 1. The van der Waals surface area contributed by atoms with Gasteiger partial charge < -0.3 is 4.74 Å². The lowest BCUT2D eigenvalue weighted by atomic mass is 9.64. The van der Waals surface area contributed by atoms with Crippen molar-refractivity contribution >= 4 is 31.6 Å². The standard InChI is InChI=1S/C22H18BrF3N2O3S/c1-14-9-21(10-14,13-27)11-17-12-28(19-8-16(23)5-6-20(19)31-17)32(29,30)18-4-2-3-15(7-18)22(24,25)26/h2-8,17H,1,9-12H2/t17-/m0/s1. The number of sulfonamides is 1. The Hall–Kier alpha value is -2.51. The van der Waals surface area contributed by atoms with Crippen molar-refractivity contribution in [1.29, 1.82) is 5.26 Å². The summed E-state index contributed by atoms with van der Waals surface area (Å²) in [7, 11) is -4.34. The van der Waals surface area contributed by atoms with Crippen LogP contribution in [-0.4, -0.2) is 21.1 Å². The lowest BCUT2D eigenvalue weighted by molar-refractivity contribution is -0.137. The molecule has 0 saturated heterocycles. The minimum atomic E-state index is -4.67. The average molecular weight is 527 g/mol. The van der Waals surface area contributed by atoms with Crippen LogP contribution in [0.25, 0.3) is 0 Å². The first-order chi connectivity index (χ1) is 14.9. The number of anilines is 1. The van der Waals surface area contributed by atoms with Crippen molar-refractivity contribution in [2.24, 2.45) is 5.41 Å². The highest BCUT2D eigenvalue weighted by molar-refractivity contribution is 9.10. The van der Waals surface area contributed by atoms with Crippen molar-refractivity contribution in [1.82, 2.24) is 0 Å². The van der Waals surface area contributed by atoms with E-state index >= 15 is 0 Å². The predicted molar refractivity (Wildman–Crippen MR) is 116 cm³/mol. The van der Waals surface area contributed by atoms with Gasteiger partial charge in [-0.15, -0.1) is 0 Å². The van der Waals surface area contributed by atoms with Crippen molar-refractivity contribution in [3.8, 4) is 11.8 Å². The zero-order valence-corrected chi connectivity index (χ0v) is 19.1. The molecule has 10 heteroatoms. The van der Waals surface area contributed by atoms with Crippen LogP contribution in [0.4, 0.5) is 18.9 Å². The third kappa shape index (κ3) is 4.11. The van der Waals surface area contributed by atoms with Crippen LogP contribution >= 0.6 is 15.9 Å². The van der Waals surface area contributed by atoms with E-state index < -0.39 is 38.2 Å². The Kier molecular flexibility index (Phi) is 5.54. The number of benzene rings is 2. The molecule has 0 unspecified atom stereocenters. The monoisotopic (exact) mass is 526 g/mol. The van der Waals surface area contributed by atoms with E-state index in [9.17, 15) is 26.9 Å². The molecule has 1 heterocycles. The van der Waals surface area contributed by atoms with Crippen molar-refractivity contribution in [2.45, 2.75) is 36.4 Å². The number of rotatable bonds is 4. The second-order valence-electron chi connectivity index (χ2n) is 8.11. The number of hydrogen-bond donors (Lipinski definition) is 0. The number of hydrogen-bond acceptors (Lipinski definition) is 4. The third-order valence-corrected chi connectivity index (χ3v) is 7.90. The van der Waals surface area contributed by atoms with Gasteiger partial charge in [-0.05, 0) is 49.2 Å². The van der Waals surface area contributed by atoms with Crippen LogP contribution in [0.5, 0.6) is 5.75 Å². The normalized spacial score (nSPS) is 20.0. The van der Waals surface area contributed by atoms with Crippen molar-refractivity contribution in [3.63, 3.8) is 0 Å². The molecule has 168 valence electrons. The Morgan fingerprint density at radius 3 is 2.59 bits per heavy atom. The van der Waals surface area contributed by atoms with Gasteiger partial charge in [0, 0.05) is 10.9 Å². The molecule has 1 aliphatic carbocycles. The summed E-state index contributed by atoms with van der Waals surface area (Å²) in [5.41, 5.74) is -0.563. The maximum atomic E-state index is 13.5. The average Bonchev–Trinajstić information content (AvgIpc) is 2.71. The molecule has 1 fully saturated rings. The van der Waals surface area contributed by atoms with Crippen LogP contribution in [0.15, 0.2) is 64.0 Å². The summed E-state index contributed by atoms with van der Waals surface area (Å²) < 4.78 is 74.1. The van der Waals surface area contributed by atoms with E-state index in [0.717, 1.165) is 28.1 Å². The molecule has 2 aromatic rings. The van der Waals surface area contributed by atoms with Crippen LogP contribution in [0, 0.1) is 16.7 Å². The Morgan fingerprint density at radius 2 is 1.97 bits per heavy atom. The number of halogens is 4. The molecule has 1 atom stereocenters. The number of nitrogens with zero attached hydrogens (tertiary/aromatic N) is 2.